The molecule has 7 nitrogen and oxygen atoms in total. The van der Waals surface area contributed by atoms with Crippen LogP contribution in [0.3, 0.4) is 0 Å². The first-order valence-electron chi connectivity index (χ1n) is 8.80. The highest BCUT2D eigenvalue weighted by Crippen LogP contribution is 2.19. The third-order valence-electron chi connectivity index (χ3n) is 4.47. The van der Waals surface area contributed by atoms with E-state index in [0.717, 1.165) is 18.4 Å². The zero-order chi connectivity index (χ0) is 19.2. The molecule has 0 aliphatic carbocycles. The van der Waals surface area contributed by atoms with Crippen molar-refractivity contribution in [1.29, 1.82) is 0 Å². The fourth-order valence-electron chi connectivity index (χ4n) is 3.09. The van der Waals surface area contributed by atoms with Gasteiger partial charge in [0.05, 0.1) is 18.8 Å². The van der Waals surface area contributed by atoms with Crippen molar-refractivity contribution in [2.75, 3.05) is 20.3 Å². The maximum absolute atomic E-state index is 13.0. The minimum atomic E-state index is -1.09. The fraction of sp³-hybridized carbons (Fsp3) is 0.350. The fourth-order valence-corrected chi connectivity index (χ4v) is 3.09. The second-order valence-corrected chi connectivity index (χ2v) is 6.41. The van der Waals surface area contributed by atoms with E-state index in [2.05, 4.69) is 4.98 Å². The molecule has 1 atom stereocenters. The molecular formula is C20H22N2O5. The predicted molar refractivity (Wildman–Crippen MR) is 97.9 cm³/mol. The van der Waals surface area contributed by atoms with Crippen molar-refractivity contribution in [3.8, 4) is 5.75 Å². The second-order valence-electron chi connectivity index (χ2n) is 6.41. The molecule has 142 valence electrons. The van der Waals surface area contributed by atoms with Gasteiger partial charge in [0.15, 0.2) is 0 Å². The number of carboxylic acid groups (broad SMARTS) is 1. The highest BCUT2D eigenvalue weighted by molar-refractivity contribution is 5.95. The number of benzene rings is 1. The summed E-state index contributed by atoms with van der Waals surface area (Å²) < 4.78 is 10.9. The minimum absolute atomic E-state index is 0.0257. The van der Waals surface area contributed by atoms with Crippen LogP contribution in [0.1, 0.15) is 39.3 Å². The van der Waals surface area contributed by atoms with E-state index in [4.69, 9.17) is 14.6 Å². The number of amides is 1. The molecule has 1 aromatic heterocycles. The van der Waals surface area contributed by atoms with Gasteiger partial charge in [0.2, 0.25) is 0 Å². The van der Waals surface area contributed by atoms with Crippen molar-refractivity contribution in [3.05, 3.63) is 59.4 Å². The summed E-state index contributed by atoms with van der Waals surface area (Å²) >= 11 is 0. The van der Waals surface area contributed by atoms with Gasteiger partial charge in [-0.25, -0.2) is 4.79 Å². The number of aromatic carboxylic acids is 1. The van der Waals surface area contributed by atoms with E-state index in [0.29, 0.717) is 25.4 Å². The highest BCUT2D eigenvalue weighted by atomic mass is 16.5. The Hall–Kier alpha value is -2.93. The summed E-state index contributed by atoms with van der Waals surface area (Å²) in [6.07, 6.45) is 3.18. The molecule has 0 radical (unpaired) electrons. The van der Waals surface area contributed by atoms with E-state index in [1.54, 1.807) is 12.0 Å². The average molecular weight is 370 g/mol. The van der Waals surface area contributed by atoms with Gasteiger partial charge in [0, 0.05) is 25.9 Å². The number of carboxylic acids is 1. The number of carbonyl (C=O) groups is 2. The maximum Gasteiger partial charge on any atom is 0.335 e. The second kappa shape index (κ2) is 8.64. The molecule has 0 spiro atoms. The van der Waals surface area contributed by atoms with Crippen LogP contribution in [-0.2, 0) is 11.3 Å². The van der Waals surface area contributed by atoms with Gasteiger partial charge in [-0.1, -0.05) is 12.1 Å². The summed E-state index contributed by atoms with van der Waals surface area (Å²) in [4.78, 5) is 30.0. The van der Waals surface area contributed by atoms with Crippen LogP contribution in [0.4, 0.5) is 0 Å². The van der Waals surface area contributed by atoms with Crippen LogP contribution < -0.4 is 4.74 Å². The molecule has 1 fully saturated rings. The molecule has 0 saturated carbocycles. The number of hydrogen-bond donors (Lipinski definition) is 1. The van der Waals surface area contributed by atoms with Gasteiger partial charge in [0.1, 0.15) is 11.4 Å². The van der Waals surface area contributed by atoms with Crippen molar-refractivity contribution < 1.29 is 24.2 Å². The van der Waals surface area contributed by atoms with E-state index in [1.807, 2.05) is 24.3 Å². The summed E-state index contributed by atoms with van der Waals surface area (Å²) in [6, 6.07) is 10.2. The van der Waals surface area contributed by atoms with Crippen LogP contribution in [0, 0.1) is 0 Å². The van der Waals surface area contributed by atoms with Crippen molar-refractivity contribution in [2.24, 2.45) is 0 Å². The van der Waals surface area contributed by atoms with Gasteiger partial charge < -0.3 is 19.5 Å². The van der Waals surface area contributed by atoms with E-state index in [9.17, 15) is 9.59 Å². The van der Waals surface area contributed by atoms with Crippen molar-refractivity contribution >= 4 is 11.9 Å². The number of rotatable bonds is 7. The molecule has 1 N–H and O–H groups in total. The molecule has 3 rings (SSSR count). The van der Waals surface area contributed by atoms with Gasteiger partial charge >= 0.3 is 5.97 Å². The lowest BCUT2D eigenvalue weighted by Crippen LogP contribution is -2.37. The van der Waals surface area contributed by atoms with Crippen LogP contribution in [0.2, 0.25) is 0 Å². The molecule has 1 saturated heterocycles. The van der Waals surface area contributed by atoms with Crippen molar-refractivity contribution in [1.82, 2.24) is 9.88 Å². The molecule has 7 heteroatoms. The monoisotopic (exact) mass is 370 g/mol. The number of aromatic nitrogens is 1. The Bertz CT molecular complexity index is 818. The molecule has 27 heavy (non-hydrogen) atoms. The summed E-state index contributed by atoms with van der Waals surface area (Å²) in [5.74, 6) is -0.704. The van der Waals surface area contributed by atoms with Gasteiger partial charge in [-0.2, -0.15) is 0 Å². The normalized spacial score (nSPS) is 16.1. The lowest BCUT2D eigenvalue weighted by molar-refractivity contribution is 0.0502. The maximum atomic E-state index is 13.0. The van der Waals surface area contributed by atoms with Gasteiger partial charge in [-0.15, -0.1) is 0 Å². The number of ether oxygens (including phenoxy) is 2. The molecular weight excluding hydrogens is 348 g/mol. The Morgan fingerprint density at radius 2 is 2.19 bits per heavy atom. The van der Waals surface area contributed by atoms with E-state index in [1.165, 1.54) is 18.3 Å². The van der Waals surface area contributed by atoms with E-state index in [-0.39, 0.29) is 23.3 Å². The number of methoxy groups -OCH3 is 1. The van der Waals surface area contributed by atoms with Gasteiger partial charge in [-0.3, -0.25) is 9.78 Å². The van der Waals surface area contributed by atoms with Crippen LogP contribution in [0.25, 0.3) is 0 Å². The summed E-state index contributed by atoms with van der Waals surface area (Å²) in [6.45, 7) is 1.47. The molecule has 2 heterocycles. The molecule has 1 aromatic carbocycles. The predicted octanol–water partition coefficient (Wildman–Crippen LogP) is 2.61. The third-order valence-corrected chi connectivity index (χ3v) is 4.47. The first kappa shape index (κ1) is 18.8. The summed E-state index contributed by atoms with van der Waals surface area (Å²) in [7, 11) is 1.59. The Morgan fingerprint density at radius 1 is 1.33 bits per heavy atom. The largest absolute Gasteiger partial charge is 0.497 e. The number of hydrogen-bond acceptors (Lipinski definition) is 5. The average Bonchev–Trinajstić information content (AvgIpc) is 3.20. The first-order valence-corrected chi connectivity index (χ1v) is 8.80. The topological polar surface area (TPSA) is 89.0 Å². The molecule has 1 amide bonds. The van der Waals surface area contributed by atoms with E-state index >= 15 is 0 Å². The summed E-state index contributed by atoms with van der Waals surface area (Å²) in [5, 5.41) is 9.17. The molecule has 2 aromatic rings. The smallest absolute Gasteiger partial charge is 0.335 e. The molecule has 1 aliphatic heterocycles. The molecule has 0 bridgehead atoms. The Balaban J connectivity index is 1.84. The SMILES string of the molecule is COc1cccc(CN(CC2CCCO2)C(=O)c2cc(C(=O)O)ccn2)c1. The Morgan fingerprint density at radius 3 is 2.89 bits per heavy atom. The third kappa shape index (κ3) is 4.83. The Kier molecular flexibility index (Phi) is 6.03. The van der Waals surface area contributed by atoms with E-state index < -0.39 is 5.97 Å². The summed E-state index contributed by atoms with van der Waals surface area (Å²) in [5.41, 5.74) is 1.05. The minimum Gasteiger partial charge on any atom is -0.497 e. The van der Waals surface area contributed by atoms with Gasteiger partial charge in [0.25, 0.3) is 5.91 Å². The van der Waals surface area contributed by atoms with Crippen LogP contribution in [-0.4, -0.2) is 53.2 Å². The van der Waals surface area contributed by atoms with Crippen LogP contribution in [0.15, 0.2) is 42.6 Å². The number of carbonyl (C=O) groups excluding carboxylic acids is 1. The van der Waals surface area contributed by atoms with Crippen molar-refractivity contribution in [3.63, 3.8) is 0 Å². The number of pyridine rings is 1. The molecule has 1 aliphatic rings. The number of nitrogens with zero attached hydrogens (tertiary/aromatic N) is 2. The van der Waals surface area contributed by atoms with Crippen molar-refractivity contribution in [2.45, 2.75) is 25.5 Å². The van der Waals surface area contributed by atoms with Crippen LogP contribution >= 0.6 is 0 Å². The quantitative estimate of drug-likeness (QED) is 0.806. The zero-order valence-corrected chi connectivity index (χ0v) is 15.1. The highest BCUT2D eigenvalue weighted by Gasteiger charge is 2.25. The van der Waals surface area contributed by atoms with Gasteiger partial charge in [-0.05, 0) is 42.7 Å². The van der Waals surface area contributed by atoms with Crippen LogP contribution in [0.5, 0.6) is 5.75 Å². The first-order chi connectivity index (χ1) is 13.1. The standard InChI is InChI=1S/C20H22N2O5/c1-26-16-5-2-4-14(10-16)12-22(13-17-6-3-9-27-17)19(23)18-11-15(20(24)25)7-8-21-18/h2,4-5,7-8,10-11,17H,3,6,9,12-13H2,1H3,(H,24,25). The Labute approximate surface area is 157 Å². The lowest BCUT2D eigenvalue weighted by Gasteiger charge is -2.25. The lowest BCUT2D eigenvalue weighted by atomic mass is 10.1. The zero-order valence-electron chi connectivity index (χ0n) is 15.1. The molecule has 1 unspecified atom stereocenters.